The van der Waals surface area contributed by atoms with Gasteiger partial charge in [0, 0.05) is 26.2 Å². The first-order valence-electron chi connectivity index (χ1n) is 7.40. The molecule has 106 valence electrons. The summed E-state index contributed by atoms with van der Waals surface area (Å²) in [6, 6.07) is 2.74. The zero-order chi connectivity index (χ0) is 14.0. The van der Waals surface area contributed by atoms with E-state index in [1.807, 2.05) is 25.8 Å². The van der Waals surface area contributed by atoms with Crippen molar-refractivity contribution >= 4 is 5.91 Å². The van der Waals surface area contributed by atoms with Gasteiger partial charge in [0.15, 0.2) is 0 Å². The first kappa shape index (κ1) is 14.3. The number of rotatable bonds is 1. The maximum Gasteiger partial charge on any atom is 0.242 e. The number of amides is 1. The minimum absolute atomic E-state index is 0.0815. The molecule has 2 aliphatic rings. The van der Waals surface area contributed by atoms with Gasteiger partial charge in [0.05, 0.1) is 17.5 Å². The third kappa shape index (κ3) is 2.62. The van der Waals surface area contributed by atoms with Gasteiger partial charge < -0.3 is 4.90 Å². The molecular weight excluding hydrogens is 238 g/mol. The molecule has 0 spiro atoms. The molecule has 0 aromatic rings. The van der Waals surface area contributed by atoms with Crippen LogP contribution in [0.5, 0.6) is 0 Å². The Kier molecular flexibility index (Phi) is 4.15. The first-order chi connectivity index (χ1) is 8.98. The molecule has 1 saturated carbocycles. The minimum Gasteiger partial charge on any atom is -0.343 e. The third-order valence-electron chi connectivity index (χ3n) is 4.81. The zero-order valence-corrected chi connectivity index (χ0v) is 12.4. The van der Waals surface area contributed by atoms with Gasteiger partial charge in [-0.05, 0) is 26.7 Å². The number of likely N-dealkylation sites (N-methyl/N-ethyl adjacent to an activating group) is 1. The van der Waals surface area contributed by atoms with E-state index in [1.165, 1.54) is 12.8 Å². The third-order valence-corrected chi connectivity index (χ3v) is 4.81. The fourth-order valence-electron chi connectivity index (χ4n) is 3.62. The van der Waals surface area contributed by atoms with E-state index in [4.69, 9.17) is 0 Å². The lowest BCUT2D eigenvalue weighted by Gasteiger charge is -2.49. The highest BCUT2D eigenvalue weighted by Crippen LogP contribution is 2.33. The molecular formula is C15H25N3O. The average Bonchev–Trinajstić information content (AvgIpc) is 2.61. The van der Waals surface area contributed by atoms with Crippen molar-refractivity contribution in [2.24, 2.45) is 5.92 Å². The van der Waals surface area contributed by atoms with E-state index in [0.717, 1.165) is 32.4 Å². The van der Waals surface area contributed by atoms with E-state index in [9.17, 15) is 10.1 Å². The molecule has 2 unspecified atom stereocenters. The molecule has 19 heavy (non-hydrogen) atoms. The molecule has 0 bridgehead atoms. The molecule has 2 fully saturated rings. The lowest BCUT2D eigenvalue weighted by Crippen LogP contribution is -2.65. The van der Waals surface area contributed by atoms with Crippen LogP contribution in [0.2, 0.25) is 0 Å². The maximum atomic E-state index is 12.4. The molecule has 4 heteroatoms. The van der Waals surface area contributed by atoms with Crippen molar-refractivity contribution in [3.63, 3.8) is 0 Å². The van der Waals surface area contributed by atoms with Gasteiger partial charge >= 0.3 is 0 Å². The second-order valence-electron chi connectivity index (χ2n) is 6.42. The molecule has 1 amide bonds. The number of carbonyl (C=O) groups is 1. The SMILES string of the molecule is CN1CCN(C2CCCCCC2C#N)C(C)(C)C1=O. The Hall–Kier alpha value is -1.08. The van der Waals surface area contributed by atoms with Crippen molar-refractivity contribution < 1.29 is 4.79 Å². The van der Waals surface area contributed by atoms with Crippen LogP contribution in [0.1, 0.15) is 46.0 Å². The number of hydrogen-bond donors (Lipinski definition) is 0. The fraction of sp³-hybridized carbons (Fsp3) is 0.867. The molecule has 1 aliphatic carbocycles. The standard InChI is InChI=1S/C15H25N3O/c1-15(2)14(19)17(3)9-10-18(15)13-8-6-4-5-7-12(13)11-16/h12-13H,4-10H2,1-3H3. The fourth-order valence-corrected chi connectivity index (χ4v) is 3.62. The molecule has 1 saturated heterocycles. The summed E-state index contributed by atoms with van der Waals surface area (Å²) in [4.78, 5) is 16.5. The van der Waals surface area contributed by atoms with E-state index in [-0.39, 0.29) is 17.9 Å². The van der Waals surface area contributed by atoms with E-state index in [2.05, 4.69) is 11.0 Å². The molecule has 0 aromatic carbocycles. The van der Waals surface area contributed by atoms with E-state index in [0.29, 0.717) is 0 Å². The Morgan fingerprint density at radius 2 is 1.89 bits per heavy atom. The van der Waals surface area contributed by atoms with Gasteiger partial charge in [-0.1, -0.05) is 19.3 Å². The summed E-state index contributed by atoms with van der Waals surface area (Å²) in [6.07, 6.45) is 5.59. The predicted molar refractivity (Wildman–Crippen MR) is 74.4 cm³/mol. The van der Waals surface area contributed by atoms with E-state index in [1.54, 1.807) is 0 Å². The van der Waals surface area contributed by atoms with Crippen LogP contribution in [-0.2, 0) is 4.79 Å². The molecule has 1 heterocycles. The minimum atomic E-state index is -0.475. The van der Waals surface area contributed by atoms with Crippen LogP contribution in [0.3, 0.4) is 0 Å². The number of hydrogen-bond acceptors (Lipinski definition) is 3. The lowest BCUT2D eigenvalue weighted by atomic mass is 9.88. The Morgan fingerprint density at radius 3 is 2.58 bits per heavy atom. The topological polar surface area (TPSA) is 47.3 Å². The van der Waals surface area contributed by atoms with Crippen molar-refractivity contribution in [1.29, 1.82) is 5.26 Å². The highest BCUT2D eigenvalue weighted by molar-refractivity contribution is 5.86. The lowest BCUT2D eigenvalue weighted by molar-refractivity contribution is -0.150. The quantitative estimate of drug-likeness (QED) is 0.680. The Labute approximate surface area is 116 Å². The number of carbonyl (C=O) groups excluding carboxylic acids is 1. The summed E-state index contributed by atoms with van der Waals surface area (Å²) < 4.78 is 0. The average molecular weight is 263 g/mol. The van der Waals surface area contributed by atoms with Crippen molar-refractivity contribution in [3.05, 3.63) is 0 Å². The van der Waals surface area contributed by atoms with E-state index >= 15 is 0 Å². The highest BCUT2D eigenvalue weighted by Gasteiger charge is 2.45. The zero-order valence-electron chi connectivity index (χ0n) is 12.4. The molecule has 0 N–H and O–H groups in total. The number of nitriles is 1. The molecule has 2 atom stereocenters. The molecule has 1 aliphatic heterocycles. The molecule has 2 rings (SSSR count). The van der Waals surface area contributed by atoms with Gasteiger partial charge in [-0.3, -0.25) is 9.69 Å². The summed E-state index contributed by atoms with van der Waals surface area (Å²) >= 11 is 0. The largest absolute Gasteiger partial charge is 0.343 e. The summed E-state index contributed by atoms with van der Waals surface area (Å²) in [7, 11) is 1.87. The summed E-state index contributed by atoms with van der Waals surface area (Å²) in [5, 5.41) is 9.43. The molecule has 0 aromatic heterocycles. The summed E-state index contributed by atoms with van der Waals surface area (Å²) in [5.41, 5.74) is -0.475. The summed E-state index contributed by atoms with van der Waals surface area (Å²) in [5.74, 6) is 0.262. The summed E-state index contributed by atoms with van der Waals surface area (Å²) in [6.45, 7) is 5.67. The molecule has 0 radical (unpaired) electrons. The van der Waals surface area contributed by atoms with Gasteiger partial charge in [0.25, 0.3) is 0 Å². The normalized spacial score (nSPS) is 32.7. The molecule has 4 nitrogen and oxygen atoms in total. The van der Waals surface area contributed by atoms with Gasteiger partial charge in [0.1, 0.15) is 0 Å². The van der Waals surface area contributed by atoms with Crippen LogP contribution in [0, 0.1) is 17.2 Å². The smallest absolute Gasteiger partial charge is 0.242 e. The van der Waals surface area contributed by atoms with Crippen LogP contribution in [-0.4, -0.2) is 47.4 Å². The Morgan fingerprint density at radius 1 is 1.21 bits per heavy atom. The van der Waals surface area contributed by atoms with Crippen molar-refractivity contribution in [2.75, 3.05) is 20.1 Å². The number of piperazine rings is 1. The second-order valence-corrected chi connectivity index (χ2v) is 6.42. The van der Waals surface area contributed by atoms with Crippen molar-refractivity contribution in [2.45, 2.75) is 57.5 Å². The first-order valence-corrected chi connectivity index (χ1v) is 7.40. The Bertz CT molecular complexity index is 385. The predicted octanol–water partition coefficient (Wildman–Crippen LogP) is 2.01. The monoisotopic (exact) mass is 263 g/mol. The van der Waals surface area contributed by atoms with Crippen molar-refractivity contribution in [3.8, 4) is 6.07 Å². The van der Waals surface area contributed by atoms with Crippen molar-refractivity contribution in [1.82, 2.24) is 9.80 Å². The van der Waals surface area contributed by atoms with Crippen LogP contribution in [0.4, 0.5) is 0 Å². The highest BCUT2D eigenvalue weighted by atomic mass is 16.2. The van der Waals surface area contributed by atoms with Crippen LogP contribution in [0.25, 0.3) is 0 Å². The number of nitrogens with zero attached hydrogens (tertiary/aromatic N) is 3. The maximum absolute atomic E-state index is 12.4. The van der Waals surface area contributed by atoms with E-state index < -0.39 is 5.54 Å². The van der Waals surface area contributed by atoms with Crippen LogP contribution >= 0.6 is 0 Å². The Balaban J connectivity index is 2.23. The van der Waals surface area contributed by atoms with Gasteiger partial charge in [-0.15, -0.1) is 0 Å². The van der Waals surface area contributed by atoms with Crippen LogP contribution < -0.4 is 0 Å². The van der Waals surface area contributed by atoms with Gasteiger partial charge in [-0.25, -0.2) is 0 Å². The van der Waals surface area contributed by atoms with Crippen LogP contribution in [0.15, 0.2) is 0 Å². The van der Waals surface area contributed by atoms with Gasteiger partial charge in [0.2, 0.25) is 5.91 Å². The second kappa shape index (κ2) is 5.50. The van der Waals surface area contributed by atoms with Gasteiger partial charge in [-0.2, -0.15) is 5.26 Å².